The number of nitrogens with one attached hydrogen (secondary N) is 1. The molecule has 1 N–H and O–H groups in total. The third-order valence-corrected chi connectivity index (χ3v) is 5.20. The first-order valence-electron chi connectivity index (χ1n) is 9.55. The number of carbonyl (C=O) groups excluding carboxylic acids is 1. The molecule has 3 aromatic rings. The van der Waals surface area contributed by atoms with E-state index in [0.29, 0.717) is 5.56 Å². The van der Waals surface area contributed by atoms with Gasteiger partial charge < -0.3 is 15.0 Å². The molecular formula is C24H24N2O2. The Hall–Kier alpha value is -3.27. The third kappa shape index (κ3) is 3.46. The number of hydrogen-bond acceptors (Lipinski definition) is 3. The molecule has 142 valence electrons. The lowest BCUT2D eigenvalue weighted by Crippen LogP contribution is -2.40. The van der Waals surface area contributed by atoms with Crippen LogP contribution in [0.4, 0.5) is 11.4 Å². The number of nitrogens with zero attached hydrogens (tertiary/aromatic N) is 1. The van der Waals surface area contributed by atoms with Crippen LogP contribution in [-0.2, 0) is 0 Å². The first-order valence-corrected chi connectivity index (χ1v) is 9.55. The Kier molecular flexibility index (Phi) is 5.02. The smallest absolute Gasteiger partial charge is 0.258 e. The van der Waals surface area contributed by atoms with Gasteiger partial charge in [-0.25, -0.2) is 0 Å². The van der Waals surface area contributed by atoms with Crippen molar-refractivity contribution in [1.82, 2.24) is 0 Å². The van der Waals surface area contributed by atoms with Gasteiger partial charge in [-0.3, -0.25) is 4.79 Å². The number of hydrogen-bond donors (Lipinski definition) is 1. The van der Waals surface area contributed by atoms with Crippen molar-refractivity contribution >= 4 is 17.3 Å². The lowest BCUT2D eigenvalue weighted by atomic mass is 9.91. The quantitative estimate of drug-likeness (QED) is 0.677. The standard InChI is InChI=1S/C24H24N2O2/c1-17-16-23(21-10-6-7-11-22(21)25-17)26(19-8-4-3-5-9-19)24(27)18-12-14-20(28-2)15-13-18/h3-15,17,23,25H,16H2,1-2H3. The van der Waals surface area contributed by atoms with Crippen LogP contribution >= 0.6 is 0 Å². The molecule has 0 aliphatic carbocycles. The Labute approximate surface area is 165 Å². The molecule has 2 unspecified atom stereocenters. The molecule has 1 aliphatic heterocycles. The maximum absolute atomic E-state index is 13.6. The topological polar surface area (TPSA) is 41.6 Å². The van der Waals surface area contributed by atoms with E-state index in [0.717, 1.165) is 29.1 Å². The van der Waals surface area contributed by atoms with Gasteiger partial charge in [0, 0.05) is 23.0 Å². The molecule has 4 rings (SSSR count). The molecule has 0 fully saturated rings. The van der Waals surface area contributed by atoms with Crippen molar-refractivity contribution in [1.29, 1.82) is 0 Å². The fourth-order valence-corrected chi connectivity index (χ4v) is 3.85. The van der Waals surface area contributed by atoms with Gasteiger partial charge in [-0.2, -0.15) is 0 Å². The van der Waals surface area contributed by atoms with Crippen LogP contribution in [0.15, 0.2) is 78.9 Å². The number of amides is 1. The molecule has 28 heavy (non-hydrogen) atoms. The van der Waals surface area contributed by atoms with E-state index in [1.165, 1.54) is 0 Å². The summed E-state index contributed by atoms with van der Waals surface area (Å²) in [7, 11) is 1.63. The van der Waals surface area contributed by atoms with E-state index in [-0.39, 0.29) is 18.0 Å². The van der Waals surface area contributed by atoms with Gasteiger partial charge in [-0.05, 0) is 61.4 Å². The second-order valence-electron chi connectivity index (χ2n) is 7.12. The van der Waals surface area contributed by atoms with Gasteiger partial charge >= 0.3 is 0 Å². The molecule has 4 heteroatoms. The predicted octanol–water partition coefficient (Wildman–Crippen LogP) is 5.29. The second kappa shape index (κ2) is 7.77. The van der Waals surface area contributed by atoms with Crippen LogP contribution in [0.5, 0.6) is 5.75 Å². The molecule has 1 heterocycles. The van der Waals surface area contributed by atoms with E-state index in [1.54, 1.807) is 7.11 Å². The van der Waals surface area contributed by atoms with Gasteiger partial charge in [0.1, 0.15) is 5.75 Å². The van der Waals surface area contributed by atoms with Gasteiger partial charge in [-0.15, -0.1) is 0 Å². The summed E-state index contributed by atoms with van der Waals surface area (Å²) in [5, 5.41) is 3.54. The summed E-state index contributed by atoms with van der Waals surface area (Å²) in [5.74, 6) is 0.728. The van der Waals surface area contributed by atoms with Crippen molar-refractivity contribution < 1.29 is 9.53 Å². The van der Waals surface area contributed by atoms with Crippen LogP contribution < -0.4 is 15.0 Å². The first kappa shape index (κ1) is 18.1. The van der Waals surface area contributed by atoms with Crippen LogP contribution in [0, 0.1) is 0 Å². The minimum Gasteiger partial charge on any atom is -0.497 e. The van der Waals surface area contributed by atoms with Crippen LogP contribution in [0.2, 0.25) is 0 Å². The SMILES string of the molecule is COc1ccc(C(=O)N(c2ccccc2)C2CC(C)Nc3ccccc32)cc1. The average molecular weight is 372 g/mol. The summed E-state index contributed by atoms with van der Waals surface area (Å²) in [6, 6.07) is 25.7. The Morgan fingerprint density at radius 3 is 2.36 bits per heavy atom. The zero-order chi connectivity index (χ0) is 19.5. The Morgan fingerprint density at radius 1 is 0.964 bits per heavy atom. The first-order chi connectivity index (χ1) is 13.7. The summed E-state index contributed by atoms with van der Waals surface area (Å²) in [6.07, 6.45) is 0.841. The zero-order valence-corrected chi connectivity index (χ0v) is 16.1. The average Bonchev–Trinajstić information content (AvgIpc) is 2.74. The normalized spacial score (nSPS) is 17.9. The lowest BCUT2D eigenvalue weighted by molar-refractivity contribution is 0.0974. The van der Waals surface area contributed by atoms with Crippen molar-refractivity contribution in [2.75, 3.05) is 17.3 Å². The second-order valence-corrected chi connectivity index (χ2v) is 7.12. The van der Waals surface area contributed by atoms with E-state index in [9.17, 15) is 4.79 Å². The van der Waals surface area contributed by atoms with Gasteiger partial charge in [0.05, 0.1) is 13.2 Å². The highest BCUT2D eigenvalue weighted by Gasteiger charge is 2.33. The molecular weight excluding hydrogens is 348 g/mol. The highest BCUT2D eigenvalue weighted by Crippen LogP contribution is 2.39. The number of methoxy groups -OCH3 is 1. The zero-order valence-electron chi connectivity index (χ0n) is 16.1. The van der Waals surface area contributed by atoms with E-state index >= 15 is 0 Å². The third-order valence-electron chi connectivity index (χ3n) is 5.20. The molecule has 0 bridgehead atoms. The predicted molar refractivity (Wildman–Crippen MR) is 113 cm³/mol. The Morgan fingerprint density at radius 2 is 1.64 bits per heavy atom. The Balaban J connectivity index is 1.79. The van der Waals surface area contributed by atoms with Gasteiger partial charge in [0.15, 0.2) is 0 Å². The van der Waals surface area contributed by atoms with Gasteiger partial charge in [0.25, 0.3) is 5.91 Å². The fraction of sp³-hybridized carbons (Fsp3) is 0.208. The van der Waals surface area contributed by atoms with Crippen molar-refractivity contribution in [2.45, 2.75) is 25.4 Å². The van der Waals surface area contributed by atoms with Crippen LogP contribution in [-0.4, -0.2) is 19.1 Å². The van der Waals surface area contributed by atoms with E-state index in [4.69, 9.17) is 4.74 Å². The molecule has 0 aromatic heterocycles. The highest BCUT2D eigenvalue weighted by molar-refractivity contribution is 6.06. The number of rotatable bonds is 4. The largest absolute Gasteiger partial charge is 0.497 e. The summed E-state index contributed by atoms with van der Waals surface area (Å²) < 4.78 is 5.24. The molecule has 2 atom stereocenters. The maximum Gasteiger partial charge on any atom is 0.258 e. The van der Waals surface area contributed by atoms with Crippen LogP contribution in [0.25, 0.3) is 0 Å². The molecule has 4 nitrogen and oxygen atoms in total. The van der Waals surface area contributed by atoms with Crippen molar-refractivity contribution in [2.24, 2.45) is 0 Å². The molecule has 0 spiro atoms. The summed E-state index contributed by atoms with van der Waals surface area (Å²) in [5.41, 5.74) is 3.78. The Bertz CT molecular complexity index is 954. The van der Waals surface area contributed by atoms with Gasteiger partial charge in [0.2, 0.25) is 0 Å². The molecule has 0 radical (unpaired) electrons. The number of benzene rings is 3. The minimum absolute atomic E-state index is 0.0113. The van der Waals surface area contributed by atoms with E-state index in [2.05, 4.69) is 24.4 Å². The number of ether oxygens (including phenoxy) is 1. The fourth-order valence-electron chi connectivity index (χ4n) is 3.85. The van der Waals surface area contributed by atoms with Crippen molar-refractivity contribution in [3.8, 4) is 5.75 Å². The number of carbonyl (C=O) groups is 1. The highest BCUT2D eigenvalue weighted by atomic mass is 16.5. The number of anilines is 2. The molecule has 3 aromatic carbocycles. The van der Waals surface area contributed by atoms with E-state index in [1.807, 2.05) is 71.6 Å². The van der Waals surface area contributed by atoms with Crippen molar-refractivity contribution in [3.63, 3.8) is 0 Å². The van der Waals surface area contributed by atoms with E-state index < -0.39 is 0 Å². The molecule has 0 saturated carbocycles. The number of para-hydroxylation sites is 2. The molecule has 1 aliphatic rings. The summed E-state index contributed by atoms with van der Waals surface area (Å²) in [6.45, 7) is 2.16. The summed E-state index contributed by atoms with van der Waals surface area (Å²) >= 11 is 0. The molecule has 1 amide bonds. The monoisotopic (exact) mass is 372 g/mol. The van der Waals surface area contributed by atoms with Crippen LogP contribution in [0.1, 0.15) is 35.3 Å². The molecule has 0 saturated heterocycles. The van der Waals surface area contributed by atoms with Crippen LogP contribution in [0.3, 0.4) is 0 Å². The van der Waals surface area contributed by atoms with Crippen molar-refractivity contribution in [3.05, 3.63) is 90.0 Å². The maximum atomic E-state index is 13.6. The van der Waals surface area contributed by atoms with Gasteiger partial charge in [-0.1, -0.05) is 36.4 Å². The number of fused-ring (bicyclic) bond motifs is 1. The lowest BCUT2D eigenvalue weighted by Gasteiger charge is -2.39. The minimum atomic E-state index is -0.0375. The summed E-state index contributed by atoms with van der Waals surface area (Å²) in [4.78, 5) is 15.6.